The van der Waals surface area contributed by atoms with Gasteiger partial charge in [-0.25, -0.2) is 8.42 Å². The molecule has 0 aliphatic carbocycles. The van der Waals surface area contributed by atoms with Gasteiger partial charge in [-0.15, -0.1) is 0 Å². The summed E-state index contributed by atoms with van der Waals surface area (Å²) in [6.45, 7) is 6.33. The third-order valence-corrected chi connectivity index (χ3v) is 4.80. The van der Waals surface area contributed by atoms with Crippen LogP contribution in [0.15, 0.2) is 0 Å². The van der Waals surface area contributed by atoms with Crippen LogP contribution in [0.2, 0.25) is 0 Å². The monoisotopic (exact) mass is 249 g/mol. The van der Waals surface area contributed by atoms with Crippen LogP contribution in [0.3, 0.4) is 0 Å². The molecule has 0 spiro atoms. The van der Waals surface area contributed by atoms with E-state index in [-0.39, 0.29) is 0 Å². The maximum atomic E-state index is 11.3. The fourth-order valence-corrected chi connectivity index (χ4v) is 4.10. The Morgan fingerprint density at radius 2 is 2.19 bits per heavy atom. The highest BCUT2D eigenvalue weighted by Crippen LogP contribution is 2.23. The summed E-state index contributed by atoms with van der Waals surface area (Å²) in [4.78, 5) is 0. The van der Waals surface area contributed by atoms with Gasteiger partial charge in [0.2, 0.25) is 0 Å². The van der Waals surface area contributed by atoms with Crippen molar-refractivity contribution in [2.45, 2.75) is 32.7 Å². The molecule has 0 aromatic carbocycles. The Morgan fingerprint density at radius 1 is 1.44 bits per heavy atom. The van der Waals surface area contributed by atoms with E-state index in [1.54, 1.807) is 0 Å². The largest absolute Gasteiger partial charge is 0.380 e. The standard InChI is InChI=1S/C11H23NO3S/c1-3-12-11(8-15-4-2)7-10-5-6-16(13,14)9-10/h10-12H,3-9H2,1-2H3. The Morgan fingerprint density at radius 3 is 2.69 bits per heavy atom. The van der Waals surface area contributed by atoms with E-state index in [1.807, 2.05) is 6.92 Å². The summed E-state index contributed by atoms with van der Waals surface area (Å²) < 4.78 is 28.1. The zero-order valence-electron chi connectivity index (χ0n) is 10.2. The number of sulfone groups is 1. The number of hydrogen-bond donors (Lipinski definition) is 1. The molecule has 1 rings (SSSR count). The lowest BCUT2D eigenvalue weighted by Crippen LogP contribution is -2.35. The summed E-state index contributed by atoms with van der Waals surface area (Å²) in [6.07, 6.45) is 1.73. The minimum atomic E-state index is -2.75. The zero-order chi connectivity index (χ0) is 12.0. The third-order valence-electron chi connectivity index (χ3n) is 2.96. The van der Waals surface area contributed by atoms with Crippen LogP contribution in [0.5, 0.6) is 0 Å². The molecule has 96 valence electrons. The van der Waals surface area contributed by atoms with Gasteiger partial charge in [0, 0.05) is 12.6 Å². The maximum absolute atomic E-state index is 11.3. The molecule has 5 heteroatoms. The molecular formula is C11H23NO3S. The molecule has 2 unspecified atom stereocenters. The van der Waals surface area contributed by atoms with E-state index in [2.05, 4.69) is 12.2 Å². The molecule has 4 nitrogen and oxygen atoms in total. The van der Waals surface area contributed by atoms with Gasteiger partial charge in [0.1, 0.15) is 0 Å². The van der Waals surface area contributed by atoms with Crippen molar-refractivity contribution in [3.05, 3.63) is 0 Å². The molecular weight excluding hydrogens is 226 g/mol. The van der Waals surface area contributed by atoms with Gasteiger partial charge in [-0.05, 0) is 32.2 Å². The fourth-order valence-electron chi connectivity index (χ4n) is 2.22. The average Bonchev–Trinajstić information content (AvgIpc) is 2.55. The summed E-state index contributed by atoms with van der Waals surface area (Å²) in [7, 11) is -2.75. The minimum absolute atomic E-state index is 0.295. The molecule has 2 atom stereocenters. The van der Waals surface area contributed by atoms with Gasteiger partial charge < -0.3 is 10.1 Å². The highest BCUT2D eigenvalue weighted by molar-refractivity contribution is 7.91. The smallest absolute Gasteiger partial charge is 0.150 e. The molecule has 1 N–H and O–H groups in total. The lowest BCUT2D eigenvalue weighted by atomic mass is 10.00. The van der Waals surface area contributed by atoms with Crippen LogP contribution >= 0.6 is 0 Å². The van der Waals surface area contributed by atoms with E-state index >= 15 is 0 Å². The summed E-state index contributed by atoms with van der Waals surface area (Å²) in [5, 5.41) is 3.35. The Hall–Kier alpha value is -0.130. The van der Waals surface area contributed by atoms with E-state index in [0.29, 0.717) is 36.7 Å². The van der Waals surface area contributed by atoms with Crippen LogP contribution in [-0.4, -0.2) is 45.7 Å². The molecule has 1 aliphatic rings. The van der Waals surface area contributed by atoms with Crippen LogP contribution < -0.4 is 5.32 Å². The maximum Gasteiger partial charge on any atom is 0.150 e. The first-order valence-electron chi connectivity index (χ1n) is 6.09. The topological polar surface area (TPSA) is 55.4 Å². The van der Waals surface area contributed by atoms with Gasteiger partial charge in [0.15, 0.2) is 9.84 Å². The van der Waals surface area contributed by atoms with Gasteiger partial charge in [-0.2, -0.15) is 0 Å². The van der Waals surface area contributed by atoms with E-state index < -0.39 is 9.84 Å². The van der Waals surface area contributed by atoms with Gasteiger partial charge in [0.25, 0.3) is 0 Å². The van der Waals surface area contributed by atoms with Crippen LogP contribution in [0.4, 0.5) is 0 Å². The zero-order valence-corrected chi connectivity index (χ0v) is 11.1. The first kappa shape index (κ1) is 13.9. The highest BCUT2D eigenvalue weighted by atomic mass is 32.2. The predicted molar refractivity (Wildman–Crippen MR) is 65.3 cm³/mol. The molecule has 0 radical (unpaired) electrons. The molecule has 0 bridgehead atoms. The third kappa shape index (κ3) is 4.80. The fraction of sp³-hybridized carbons (Fsp3) is 1.00. The Kier molecular flexibility index (Phi) is 5.72. The van der Waals surface area contributed by atoms with Gasteiger partial charge in [-0.1, -0.05) is 6.92 Å². The molecule has 0 amide bonds. The normalized spacial score (nSPS) is 25.8. The van der Waals surface area contributed by atoms with E-state index in [4.69, 9.17) is 4.74 Å². The average molecular weight is 249 g/mol. The number of hydrogen-bond acceptors (Lipinski definition) is 4. The predicted octanol–water partition coefficient (Wildman–Crippen LogP) is 0.826. The number of ether oxygens (including phenoxy) is 1. The number of likely N-dealkylation sites (N-methyl/N-ethyl adjacent to an activating group) is 1. The van der Waals surface area contributed by atoms with Crippen molar-refractivity contribution >= 4 is 9.84 Å². The van der Waals surface area contributed by atoms with Gasteiger partial charge in [-0.3, -0.25) is 0 Å². The molecule has 0 saturated carbocycles. The first-order chi connectivity index (χ1) is 7.57. The lowest BCUT2D eigenvalue weighted by molar-refractivity contribution is 0.116. The Bertz CT molecular complexity index is 290. The molecule has 16 heavy (non-hydrogen) atoms. The van der Waals surface area contributed by atoms with Gasteiger partial charge >= 0.3 is 0 Å². The second-order valence-corrected chi connectivity index (χ2v) is 6.65. The molecule has 1 heterocycles. The van der Waals surface area contributed by atoms with E-state index in [0.717, 1.165) is 19.4 Å². The Labute approximate surface area is 98.7 Å². The van der Waals surface area contributed by atoms with Crippen molar-refractivity contribution in [2.75, 3.05) is 31.3 Å². The van der Waals surface area contributed by atoms with E-state index in [1.165, 1.54) is 0 Å². The summed E-state index contributed by atoms with van der Waals surface area (Å²) in [5.41, 5.74) is 0. The van der Waals surface area contributed by atoms with Crippen molar-refractivity contribution in [1.82, 2.24) is 5.32 Å². The summed E-state index contributed by atoms with van der Waals surface area (Å²) >= 11 is 0. The number of nitrogens with one attached hydrogen (secondary N) is 1. The summed E-state index contributed by atoms with van der Waals surface area (Å²) in [6, 6.07) is 0.295. The van der Waals surface area contributed by atoms with Crippen LogP contribution in [-0.2, 0) is 14.6 Å². The molecule has 0 aromatic rings. The molecule has 1 aliphatic heterocycles. The SMILES string of the molecule is CCNC(COCC)CC1CCS(=O)(=O)C1. The second-order valence-electron chi connectivity index (χ2n) is 4.42. The molecule has 1 fully saturated rings. The van der Waals surface area contributed by atoms with Crippen molar-refractivity contribution in [2.24, 2.45) is 5.92 Å². The Balaban J connectivity index is 2.36. The highest BCUT2D eigenvalue weighted by Gasteiger charge is 2.29. The lowest BCUT2D eigenvalue weighted by Gasteiger charge is -2.20. The summed E-state index contributed by atoms with van der Waals surface area (Å²) in [5.74, 6) is 1.04. The molecule has 1 saturated heterocycles. The van der Waals surface area contributed by atoms with Crippen molar-refractivity contribution in [3.8, 4) is 0 Å². The first-order valence-corrected chi connectivity index (χ1v) is 7.91. The van der Waals surface area contributed by atoms with Gasteiger partial charge in [0.05, 0.1) is 18.1 Å². The van der Waals surface area contributed by atoms with Crippen LogP contribution in [0.1, 0.15) is 26.7 Å². The van der Waals surface area contributed by atoms with Crippen molar-refractivity contribution < 1.29 is 13.2 Å². The quantitative estimate of drug-likeness (QED) is 0.726. The molecule has 0 aromatic heterocycles. The van der Waals surface area contributed by atoms with Crippen molar-refractivity contribution in [1.29, 1.82) is 0 Å². The minimum Gasteiger partial charge on any atom is -0.380 e. The second kappa shape index (κ2) is 6.57. The van der Waals surface area contributed by atoms with Crippen molar-refractivity contribution in [3.63, 3.8) is 0 Å². The van der Waals surface area contributed by atoms with Crippen LogP contribution in [0, 0.1) is 5.92 Å². The van der Waals surface area contributed by atoms with Crippen LogP contribution in [0.25, 0.3) is 0 Å². The van der Waals surface area contributed by atoms with E-state index in [9.17, 15) is 8.42 Å². The number of rotatable bonds is 7.